The van der Waals surface area contributed by atoms with E-state index in [1.54, 1.807) is 25.3 Å². The Morgan fingerprint density at radius 2 is 2.00 bits per heavy atom. The van der Waals surface area contributed by atoms with Gasteiger partial charge in [0.25, 0.3) is 0 Å². The molecule has 2 aromatic rings. The molecular weight excluding hydrogens is 264 g/mol. The highest BCUT2D eigenvalue weighted by molar-refractivity contribution is 7.88. The van der Waals surface area contributed by atoms with Crippen LogP contribution in [-0.4, -0.2) is 19.9 Å². The van der Waals surface area contributed by atoms with Crippen LogP contribution >= 0.6 is 0 Å². The maximum atomic E-state index is 11.8. The number of aromatic nitrogens is 1. The minimum absolute atomic E-state index is 0.00825. The summed E-state index contributed by atoms with van der Waals surface area (Å²) in [6.45, 7) is 2.07. The van der Waals surface area contributed by atoms with Gasteiger partial charge in [-0.2, -0.15) is 0 Å². The Balaban J connectivity index is 1.84. The van der Waals surface area contributed by atoms with E-state index in [1.165, 1.54) is 0 Å². The Morgan fingerprint density at radius 1 is 1.26 bits per heavy atom. The van der Waals surface area contributed by atoms with Crippen LogP contribution < -0.4 is 4.72 Å². The average Bonchev–Trinajstić information content (AvgIpc) is 2.75. The van der Waals surface area contributed by atoms with E-state index in [1.807, 2.05) is 18.2 Å². The number of rotatable bonds is 6. The third kappa shape index (κ3) is 4.50. The lowest BCUT2D eigenvalue weighted by Crippen LogP contribution is -2.27. The minimum atomic E-state index is -3.31. The van der Waals surface area contributed by atoms with Gasteiger partial charge in [0, 0.05) is 19.9 Å². The molecule has 1 heterocycles. The normalized spacial score (nSPS) is 11.6. The summed E-state index contributed by atoms with van der Waals surface area (Å²) < 4.78 is 31.3. The lowest BCUT2D eigenvalue weighted by atomic mass is 10.2. The topological polar surface area (TPSA) is 72.2 Å². The van der Waals surface area contributed by atoms with Crippen LogP contribution in [-0.2, 0) is 22.2 Å². The summed E-state index contributed by atoms with van der Waals surface area (Å²) in [5.74, 6) is 0.577. The maximum absolute atomic E-state index is 11.8. The van der Waals surface area contributed by atoms with E-state index in [2.05, 4.69) is 9.71 Å². The molecule has 6 heteroatoms. The van der Waals surface area contributed by atoms with Gasteiger partial charge in [0.05, 0.1) is 11.4 Å². The van der Waals surface area contributed by atoms with Crippen LogP contribution in [0.3, 0.4) is 0 Å². The largest absolute Gasteiger partial charge is 0.449 e. The van der Waals surface area contributed by atoms with Gasteiger partial charge in [0.15, 0.2) is 5.89 Å². The van der Waals surface area contributed by atoms with E-state index < -0.39 is 10.0 Å². The quantitative estimate of drug-likeness (QED) is 0.873. The van der Waals surface area contributed by atoms with Crippen LogP contribution in [0.2, 0.25) is 0 Å². The van der Waals surface area contributed by atoms with Crippen molar-refractivity contribution in [2.24, 2.45) is 0 Å². The highest BCUT2D eigenvalue weighted by atomic mass is 32.2. The minimum Gasteiger partial charge on any atom is -0.449 e. The summed E-state index contributed by atoms with van der Waals surface area (Å²) in [5.41, 5.74) is 1.52. The molecule has 0 bridgehead atoms. The van der Waals surface area contributed by atoms with Gasteiger partial charge < -0.3 is 4.42 Å². The first-order valence-corrected chi connectivity index (χ1v) is 7.63. The molecule has 0 saturated heterocycles. The standard InChI is InChI=1S/C13H16N2O3S/c1-11-15-13(9-18-11)7-8-14-19(16,17)10-12-5-3-2-4-6-12/h2-6,9,14H,7-8,10H2,1H3. The highest BCUT2D eigenvalue weighted by Gasteiger charge is 2.11. The Hall–Kier alpha value is -1.66. The summed E-state index contributed by atoms with van der Waals surface area (Å²) in [5, 5.41) is 0. The number of oxazole rings is 1. The molecule has 0 spiro atoms. The summed E-state index contributed by atoms with van der Waals surface area (Å²) in [6, 6.07) is 9.09. The molecule has 1 aromatic carbocycles. The van der Waals surface area contributed by atoms with Crippen LogP contribution in [0, 0.1) is 6.92 Å². The van der Waals surface area contributed by atoms with Crippen LogP contribution in [0.5, 0.6) is 0 Å². The fraction of sp³-hybridized carbons (Fsp3) is 0.308. The Morgan fingerprint density at radius 3 is 2.63 bits per heavy atom. The fourth-order valence-corrected chi connectivity index (χ4v) is 2.85. The number of sulfonamides is 1. The molecule has 5 nitrogen and oxygen atoms in total. The molecule has 0 aliphatic heterocycles. The molecule has 0 amide bonds. The third-order valence-electron chi connectivity index (χ3n) is 2.57. The number of nitrogens with zero attached hydrogens (tertiary/aromatic N) is 1. The zero-order valence-corrected chi connectivity index (χ0v) is 11.5. The molecule has 0 unspecified atom stereocenters. The molecule has 0 aliphatic carbocycles. The van der Waals surface area contributed by atoms with Gasteiger partial charge in [-0.15, -0.1) is 0 Å². The van der Waals surface area contributed by atoms with E-state index in [0.29, 0.717) is 18.9 Å². The van der Waals surface area contributed by atoms with Gasteiger partial charge in [-0.05, 0) is 5.56 Å². The van der Waals surface area contributed by atoms with E-state index in [9.17, 15) is 8.42 Å². The molecule has 1 aromatic heterocycles. The average molecular weight is 280 g/mol. The van der Waals surface area contributed by atoms with E-state index >= 15 is 0 Å². The summed E-state index contributed by atoms with van der Waals surface area (Å²) in [7, 11) is -3.31. The van der Waals surface area contributed by atoms with E-state index in [0.717, 1.165) is 11.3 Å². The van der Waals surface area contributed by atoms with Crippen molar-refractivity contribution in [2.45, 2.75) is 19.1 Å². The van der Waals surface area contributed by atoms with Crippen molar-refractivity contribution < 1.29 is 12.8 Å². The molecule has 2 rings (SSSR count). The van der Waals surface area contributed by atoms with Gasteiger partial charge in [-0.1, -0.05) is 30.3 Å². The zero-order chi connectivity index (χ0) is 13.7. The zero-order valence-electron chi connectivity index (χ0n) is 10.7. The fourth-order valence-electron chi connectivity index (χ4n) is 1.70. The molecule has 0 fully saturated rings. The first-order valence-electron chi connectivity index (χ1n) is 5.97. The summed E-state index contributed by atoms with van der Waals surface area (Å²) in [6.07, 6.45) is 2.06. The van der Waals surface area contributed by atoms with Crippen molar-refractivity contribution >= 4 is 10.0 Å². The second-order valence-corrected chi connectivity index (χ2v) is 6.05. The van der Waals surface area contributed by atoms with E-state index in [4.69, 9.17) is 4.42 Å². The van der Waals surface area contributed by atoms with Crippen molar-refractivity contribution in [3.8, 4) is 0 Å². The Labute approximate surface area is 112 Å². The molecule has 1 N–H and O–H groups in total. The SMILES string of the molecule is Cc1nc(CCNS(=O)(=O)Cc2ccccc2)co1. The van der Waals surface area contributed by atoms with Crippen molar-refractivity contribution in [3.05, 3.63) is 53.7 Å². The maximum Gasteiger partial charge on any atom is 0.215 e. The molecule has 0 atom stereocenters. The number of nitrogens with one attached hydrogen (secondary N) is 1. The van der Waals surface area contributed by atoms with Gasteiger partial charge in [-0.3, -0.25) is 0 Å². The molecular formula is C13H16N2O3S. The monoisotopic (exact) mass is 280 g/mol. The molecule has 0 radical (unpaired) electrons. The molecule has 0 aliphatic rings. The van der Waals surface area contributed by atoms with Gasteiger partial charge >= 0.3 is 0 Å². The van der Waals surface area contributed by atoms with Crippen LogP contribution in [0.15, 0.2) is 41.0 Å². The van der Waals surface area contributed by atoms with Crippen molar-refractivity contribution in [1.82, 2.24) is 9.71 Å². The number of aryl methyl sites for hydroxylation is 1. The van der Waals surface area contributed by atoms with Crippen LogP contribution in [0.25, 0.3) is 0 Å². The van der Waals surface area contributed by atoms with Crippen molar-refractivity contribution in [2.75, 3.05) is 6.54 Å². The summed E-state index contributed by atoms with van der Waals surface area (Å²) in [4.78, 5) is 4.11. The van der Waals surface area contributed by atoms with Crippen LogP contribution in [0.1, 0.15) is 17.1 Å². The number of hydrogen-bond acceptors (Lipinski definition) is 4. The van der Waals surface area contributed by atoms with Gasteiger partial charge in [-0.25, -0.2) is 18.1 Å². The molecule has 19 heavy (non-hydrogen) atoms. The molecule has 102 valence electrons. The van der Waals surface area contributed by atoms with E-state index in [-0.39, 0.29) is 5.75 Å². The lowest BCUT2D eigenvalue weighted by molar-refractivity contribution is 0.520. The second kappa shape index (κ2) is 5.99. The van der Waals surface area contributed by atoms with Gasteiger partial charge in [0.1, 0.15) is 6.26 Å². The predicted octanol–water partition coefficient (Wildman–Crippen LogP) is 1.65. The molecule has 0 saturated carbocycles. The number of benzene rings is 1. The second-order valence-electron chi connectivity index (χ2n) is 4.25. The van der Waals surface area contributed by atoms with Gasteiger partial charge in [0.2, 0.25) is 10.0 Å². The Bertz CT molecular complexity index is 620. The first kappa shape index (κ1) is 13.8. The smallest absolute Gasteiger partial charge is 0.215 e. The van der Waals surface area contributed by atoms with Crippen LogP contribution in [0.4, 0.5) is 0 Å². The third-order valence-corrected chi connectivity index (χ3v) is 3.93. The first-order chi connectivity index (χ1) is 9.05. The summed E-state index contributed by atoms with van der Waals surface area (Å²) >= 11 is 0. The highest BCUT2D eigenvalue weighted by Crippen LogP contribution is 2.05. The number of hydrogen-bond donors (Lipinski definition) is 1. The van der Waals surface area contributed by atoms with Crippen molar-refractivity contribution in [3.63, 3.8) is 0 Å². The predicted molar refractivity (Wildman–Crippen MR) is 72.0 cm³/mol. The lowest BCUT2D eigenvalue weighted by Gasteiger charge is -2.05. The Kier molecular flexibility index (Phi) is 4.34. The van der Waals surface area contributed by atoms with Crippen molar-refractivity contribution in [1.29, 1.82) is 0 Å².